The lowest BCUT2D eigenvalue weighted by molar-refractivity contribution is 0.118. The summed E-state index contributed by atoms with van der Waals surface area (Å²) in [4.78, 5) is 6.79. The second-order valence-electron chi connectivity index (χ2n) is 4.71. The third-order valence-electron chi connectivity index (χ3n) is 3.56. The van der Waals surface area contributed by atoms with Crippen molar-refractivity contribution in [1.29, 1.82) is 0 Å². The maximum absolute atomic E-state index is 5.76. The van der Waals surface area contributed by atoms with Crippen molar-refractivity contribution in [3.63, 3.8) is 0 Å². The van der Waals surface area contributed by atoms with Crippen LogP contribution >= 0.6 is 11.3 Å². The van der Waals surface area contributed by atoms with Crippen molar-refractivity contribution >= 4 is 22.2 Å². The fourth-order valence-electron chi connectivity index (χ4n) is 2.61. The number of methoxy groups -OCH3 is 1. The number of ether oxygens (including phenoxy) is 1. The number of anilines is 2. The number of benzene rings is 1. The van der Waals surface area contributed by atoms with Gasteiger partial charge >= 0.3 is 0 Å². The van der Waals surface area contributed by atoms with E-state index in [1.807, 2.05) is 11.4 Å². The molecule has 0 radical (unpaired) electrons. The van der Waals surface area contributed by atoms with Crippen molar-refractivity contribution in [3.8, 4) is 0 Å². The molecule has 0 bridgehead atoms. The molecule has 0 saturated carbocycles. The maximum Gasteiger partial charge on any atom is 0.180 e. The van der Waals surface area contributed by atoms with Gasteiger partial charge < -0.3 is 15.4 Å². The summed E-state index contributed by atoms with van der Waals surface area (Å²) in [5, 5.41) is 2.68. The molecular weight excluding hydrogens is 258 g/mol. The number of hydrogen-bond donors (Lipinski definition) is 1. The first-order chi connectivity index (χ1) is 9.28. The zero-order valence-electron chi connectivity index (χ0n) is 10.8. The SMILES string of the molecule is CO[C@@H]1C[C@H](c2csc(N)n2)N(c2ccccc2)C1. The lowest BCUT2D eigenvalue weighted by Crippen LogP contribution is -2.24. The Morgan fingerprint density at radius 2 is 2.16 bits per heavy atom. The molecule has 0 unspecified atom stereocenters. The second kappa shape index (κ2) is 5.19. The second-order valence-corrected chi connectivity index (χ2v) is 5.60. The van der Waals surface area contributed by atoms with Crippen LogP contribution in [0.25, 0.3) is 0 Å². The molecule has 4 nitrogen and oxygen atoms in total. The van der Waals surface area contributed by atoms with Gasteiger partial charge in [0.1, 0.15) is 0 Å². The molecule has 1 aliphatic heterocycles. The summed E-state index contributed by atoms with van der Waals surface area (Å²) >= 11 is 1.50. The summed E-state index contributed by atoms with van der Waals surface area (Å²) in [6.45, 7) is 0.891. The van der Waals surface area contributed by atoms with E-state index in [4.69, 9.17) is 10.5 Å². The molecule has 1 saturated heterocycles. The van der Waals surface area contributed by atoms with E-state index in [9.17, 15) is 0 Å². The third kappa shape index (κ3) is 2.43. The quantitative estimate of drug-likeness (QED) is 0.935. The van der Waals surface area contributed by atoms with Crippen LogP contribution in [0.2, 0.25) is 0 Å². The summed E-state index contributed by atoms with van der Waals surface area (Å²) < 4.78 is 5.52. The zero-order chi connectivity index (χ0) is 13.2. The van der Waals surface area contributed by atoms with Gasteiger partial charge in [0.15, 0.2) is 5.13 Å². The predicted octanol–water partition coefficient (Wildman–Crippen LogP) is 2.69. The number of nitrogens with two attached hydrogens (primary N) is 1. The molecule has 100 valence electrons. The molecule has 1 aliphatic rings. The number of rotatable bonds is 3. The summed E-state index contributed by atoms with van der Waals surface area (Å²) in [5.41, 5.74) is 8.01. The van der Waals surface area contributed by atoms with Crippen LogP contribution in [0.5, 0.6) is 0 Å². The highest BCUT2D eigenvalue weighted by Crippen LogP contribution is 2.37. The molecule has 0 amide bonds. The molecule has 0 aliphatic carbocycles. The predicted molar refractivity (Wildman–Crippen MR) is 78.5 cm³/mol. The molecule has 0 spiro atoms. The number of thiazole rings is 1. The summed E-state index contributed by atoms with van der Waals surface area (Å²) in [6.07, 6.45) is 1.20. The molecule has 1 aromatic heterocycles. The van der Waals surface area contributed by atoms with Gasteiger partial charge in [-0.15, -0.1) is 11.3 Å². The number of nitrogen functional groups attached to an aromatic ring is 1. The summed E-state index contributed by atoms with van der Waals surface area (Å²) in [7, 11) is 1.77. The Labute approximate surface area is 116 Å². The molecular formula is C14H17N3OS. The van der Waals surface area contributed by atoms with Crippen LogP contribution in [0.15, 0.2) is 35.7 Å². The van der Waals surface area contributed by atoms with Crippen molar-refractivity contribution in [2.45, 2.75) is 18.6 Å². The van der Waals surface area contributed by atoms with E-state index in [1.54, 1.807) is 7.11 Å². The van der Waals surface area contributed by atoms with Crippen LogP contribution in [0.3, 0.4) is 0 Å². The smallest absolute Gasteiger partial charge is 0.180 e. The first-order valence-corrected chi connectivity index (χ1v) is 7.21. The van der Waals surface area contributed by atoms with E-state index >= 15 is 0 Å². The average Bonchev–Trinajstić information content (AvgIpc) is 3.05. The lowest BCUT2D eigenvalue weighted by atomic mass is 10.1. The van der Waals surface area contributed by atoms with Gasteiger partial charge in [-0.05, 0) is 12.1 Å². The van der Waals surface area contributed by atoms with Crippen molar-refractivity contribution in [1.82, 2.24) is 4.98 Å². The van der Waals surface area contributed by atoms with Crippen LogP contribution in [0.4, 0.5) is 10.8 Å². The first kappa shape index (κ1) is 12.4. The van der Waals surface area contributed by atoms with Crippen LogP contribution in [-0.2, 0) is 4.74 Å². The minimum Gasteiger partial charge on any atom is -0.380 e. The maximum atomic E-state index is 5.76. The minimum absolute atomic E-state index is 0.244. The van der Waals surface area contributed by atoms with Crippen LogP contribution < -0.4 is 10.6 Å². The fourth-order valence-corrected chi connectivity index (χ4v) is 3.22. The van der Waals surface area contributed by atoms with Crippen molar-refractivity contribution in [3.05, 3.63) is 41.4 Å². The van der Waals surface area contributed by atoms with Gasteiger partial charge in [0.05, 0.1) is 17.8 Å². The zero-order valence-corrected chi connectivity index (χ0v) is 11.6. The van der Waals surface area contributed by atoms with Crippen LogP contribution in [0, 0.1) is 0 Å². The van der Waals surface area contributed by atoms with Crippen molar-refractivity contribution < 1.29 is 4.74 Å². The van der Waals surface area contributed by atoms with Gasteiger partial charge in [-0.2, -0.15) is 0 Å². The monoisotopic (exact) mass is 275 g/mol. The van der Waals surface area contributed by atoms with Crippen LogP contribution in [-0.4, -0.2) is 24.7 Å². The fraction of sp³-hybridized carbons (Fsp3) is 0.357. The molecule has 5 heteroatoms. The Morgan fingerprint density at radius 1 is 1.37 bits per heavy atom. The number of aromatic nitrogens is 1. The first-order valence-electron chi connectivity index (χ1n) is 6.33. The normalized spacial score (nSPS) is 22.9. The molecule has 2 aromatic rings. The van der Waals surface area contributed by atoms with Gasteiger partial charge in [-0.3, -0.25) is 0 Å². The van der Waals surface area contributed by atoms with Crippen LogP contribution in [0.1, 0.15) is 18.2 Å². The Bertz CT molecular complexity index is 543. The van der Waals surface area contributed by atoms with Gasteiger partial charge in [0.25, 0.3) is 0 Å². The Balaban J connectivity index is 1.92. The molecule has 19 heavy (non-hydrogen) atoms. The molecule has 3 rings (SSSR count). The van der Waals surface area contributed by atoms with E-state index in [1.165, 1.54) is 17.0 Å². The minimum atomic E-state index is 0.244. The molecule has 1 aromatic carbocycles. The highest BCUT2D eigenvalue weighted by Gasteiger charge is 2.34. The molecule has 2 atom stereocenters. The van der Waals surface area contributed by atoms with Crippen molar-refractivity contribution in [2.75, 3.05) is 24.3 Å². The number of hydrogen-bond acceptors (Lipinski definition) is 5. The number of para-hydroxylation sites is 1. The summed E-state index contributed by atoms with van der Waals surface area (Å²) in [6, 6.07) is 10.6. The molecule has 1 fully saturated rings. The Hall–Kier alpha value is -1.59. The lowest BCUT2D eigenvalue weighted by Gasteiger charge is -2.25. The van der Waals surface area contributed by atoms with Gasteiger partial charge in [0, 0.05) is 31.1 Å². The van der Waals surface area contributed by atoms with Crippen molar-refractivity contribution in [2.24, 2.45) is 0 Å². The van der Waals surface area contributed by atoms with E-state index in [0.717, 1.165) is 18.7 Å². The highest BCUT2D eigenvalue weighted by molar-refractivity contribution is 7.13. The van der Waals surface area contributed by atoms with E-state index in [0.29, 0.717) is 5.13 Å². The van der Waals surface area contributed by atoms with E-state index in [2.05, 4.69) is 34.1 Å². The standard InChI is InChI=1S/C14H17N3OS/c1-18-11-7-13(12-9-19-14(15)16-12)17(8-11)10-5-3-2-4-6-10/h2-6,9,11,13H,7-8H2,1H3,(H2,15,16)/t11-,13-/m1/s1. The van der Waals surface area contributed by atoms with E-state index < -0.39 is 0 Å². The molecule has 2 N–H and O–H groups in total. The summed E-state index contributed by atoms with van der Waals surface area (Å²) in [5.74, 6) is 0. The van der Waals surface area contributed by atoms with Gasteiger partial charge in [-0.1, -0.05) is 18.2 Å². The largest absolute Gasteiger partial charge is 0.380 e. The Kier molecular flexibility index (Phi) is 3.40. The highest BCUT2D eigenvalue weighted by atomic mass is 32.1. The topological polar surface area (TPSA) is 51.4 Å². The average molecular weight is 275 g/mol. The van der Waals surface area contributed by atoms with Gasteiger partial charge in [-0.25, -0.2) is 4.98 Å². The van der Waals surface area contributed by atoms with Gasteiger partial charge in [0.2, 0.25) is 0 Å². The number of nitrogens with zero attached hydrogens (tertiary/aromatic N) is 2. The Morgan fingerprint density at radius 3 is 2.79 bits per heavy atom. The molecule has 2 heterocycles. The third-order valence-corrected chi connectivity index (χ3v) is 4.26. The van der Waals surface area contributed by atoms with E-state index in [-0.39, 0.29) is 12.1 Å².